The molecule has 2 unspecified atom stereocenters. The van der Waals surface area contributed by atoms with Gasteiger partial charge in [0.05, 0.1) is 4.92 Å². The lowest BCUT2D eigenvalue weighted by molar-refractivity contribution is -0.388. The Morgan fingerprint density at radius 3 is 2.62 bits per heavy atom. The third-order valence-electron chi connectivity index (χ3n) is 2.16. The number of fused-ring (bicyclic) bond motifs is 1. The molecule has 2 heterocycles. The smallest absolute Gasteiger partial charge is 0.388 e. The number of nitrogens with zero attached hydrogens (tertiary/aromatic N) is 1. The Morgan fingerprint density at radius 2 is 2.06 bits per heavy atom. The van der Waals surface area contributed by atoms with Crippen molar-refractivity contribution in [3.05, 3.63) is 10.1 Å². The minimum atomic E-state index is -1.39. The van der Waals surface area contributed by atoms with Crippen molar-refractivity contribution in [3.63, 3.8) is 0 Å². The van der Waals surface area contributed by atoms with E-state index < -0.39 is 26.2 Å². The van der Waals surface area contributed by atoms with Crippen LogP contribution >= 0.6 is 10.5 Å². The van der Waals surface area contributed by atoms with Crippen molar-refractivity contribution >= 4 is 27.0 Å². The standard InChI is InChI=1S/C8H10NO5S2/c1-15-7-6(13-3-4-14-7)5(9(10)11)8(15)16(2)12/h3-4H2,1-2H3/q+1. The molecule has 0 aromatic carbocycles. The maximum atomic E-state index is 11.5. The number of hydrogen-bond acceptors (Lipinski definition) is 5. The first-order chi connectivity index (χ1) is 7.54. The number of ether oxygens (including phenoxy) is 2. The SMILES string of the molecule is CS(=O)c1c([N+](=O)[O-])c2c([s+]1C)OCCO2. The van der Waals surface area contributed by atoms with E-state index in [1.54, 1.807) is 6.26 Å². The van der Waals surface area contributed by atoms with Crippen molar-refractivity contribution in [2.75, 3.05) is 19.5 Å². The van der Waals surface area contributed by atoms with Crippen LogP contribution in [-0.2, 0) is 17.1 Å². The first kappa shape index (κ1) is 11.3. The first-order valence-electron chi connectivity index (χ1n) is 4.42. The Labute approximate surface area is 96.7 Å². The zero-order valence-corrected chi connectivity index (χ0v) is 10.4. The summed E-state index contributed by atoms with van der Waals surface area (Å²) in [5.41, 5.74) is -0.179. The van der Waals surface area contributed by atoms with Gasteiger partial charge < -0.3 is 9.47 Å². The van der Waals surface area contributed by atoms with Gasteiger partial charge in [-0.15, -0.1) is 0 Å². The largest absolute Gasteiger partial charge is 0.477 e. The van der Waals surface area contributed by atoms with Crippen LogP contribution in [0.3, 0.4) is 0 Å². The molecule has 2 atom stereocenters. The second-order valence-corrected chi connectivity index (χ2v) is 6.55. The van der Waals surface area contributed by atoms with Crippen molar-refractivity contribution in [1.29, 1.82) is 0 Å². The number of nitro groups is 1. The molecule has 0 amide bonds. The minimum Gasteiger partial charge on any atom is -0.477 e. The van der Waals surface area contributed by atoms with Gasteiger partial charge in [-0.05, 0) is 0 Å². The monoisotopic (exact) mass is 264 g/mol. The van der Waals surface area contributed by atoms with Gasteiger partial charge >= 0.3 is 20.7 Å². The molecule has 1 aromatic heterocycles. The van der Waals surface area contributed by atoms with Crippen molar-refractivity contribution < 1.29 is 18.6 Å². The van der Waals surface area contributed by atoms with E-state index in [0.717, 1.165) is 0 Å². The number of thiophene rings is 1. The van der Waals surface area contributed by atoms with Gasteiger partial charge in [0, 0.05) is 16.7 Å². The van der Waals surface area contributed by atoms with Crippen LogP contribution in [0.2, 0.25) is 0 Å². The van der Waals surface area contributed by atoms with Crippen molar-refractivity contribution in [2.45, 2.75) is 4.21 Å². The average Bonchev–Trinajstić information content (AvgIpc) is 2.53. The van der Waals surface area contributed by atoms with Gasteiger partial charge in [-0.25, -0.2) is 4.21 Å². The van der Waals surface area contributed by atoms with Crippen LogP contribution in [0.15, 0.2) is 4.21 Å². The quantitative estimate of drug-likeness (QED) is 0.458. The molecule has 0 saturated heterocycles. The second-order valence-electron chi connectivity index (χ2n) is 3.17. The molecule has 1 aromatic rings. The molecule has 0 saturated carbocycles. The Morgan fingerprint density at radius 1 is 1.44 bits per heavy atom. The molecule has 0 bridgehead atoms. The molecule has 0 N–H and O–H groups in total. The Balaban J connectivity index is 2.73. The summed E-state index contributed by atoms with van der Waals surface area (Å²) in [5.74, 6) is 0.160. The summed E-state index contributed by atoms with van der Waals surface area (Å²) in [6.45, 7) is 0.668. The minimum absolute atomic E-state index is 0.160. The summed E-state index contributed by atoms with van der Waals surface area (Å²) in [7, 11) is -2.03. The Bertz CT molecular complexity index is 481. The van der Waals surface area contributed by atoms with Gasteiger partial charge in [0.2, 0.25) is 0 Å². The second kappa shape index (κ2) is 4.02. The van der Waals surface area contributed by atoms with Gasteiger partial charge in [-0.2, -0.15) is 0 Å². The molecule has 1 aliphatic rings. The predicted molar refractivity (Wildman–Crippen MR) is 59.9 cm³/mol. The molecule has 88 valence electrons. The lowest BCUT2D eigenvalue weighted by atomic mass is 10.4. The normalized spacial score (nSPS) is 17.0. The lowest BCUT2D eigenvalue weighted by Gasteiger charge is -2.09. The predicted octanol–water partition coefficient (Wildman–Crippen LogP) is 1.39. The van der Waals surface area contributed by atoms with Crippen LogP contribution in [0.5, 0.6) is 10.8 Å². The van der Waals surface area contributed by atoms with Gasteiger partial charge in [0.25, 0.3) is 0 Å². The van der Waals surface area contributed by atoms with E-state index in [-0.39, 0.29) is 18.0 Å². The fourth-order valence-electron chi connectivity index (χ4n) is 1.59. The average molecular weight is 264 g/mol. The summed E-state index contributed by atoms with van der Waals surface area (Å²) in [6.07, 6.45) is 3.19. The maximum Gasteiger partial charge on any atom is 0.388 e. The van der Waals surface area contributed by atoms with Gasteiger partial charge in [0.15, 0.2) is 0 Å². The van der Waals surface area contributed by atoms with Gasteiger partial charge in [-0.1, -0.05) is 0 Å². The third kappa shape index (κ3) is 1.57. The molecule has 0 radical (unpaired) electrons. The molecule has 0 aliphatic carbocycles. The highest BCUT2D eigenvalue weighted by Gasteiger charge is 2.44. The van der Waals surface area contributed by atoms with E-state index in [9.17, 15) is 14.3 Å². The zero-order chi connectivity index (χ0) is 11.9. The van der Waals surface area contributed by atoms with E-state index in [4.69, 9.17) is 9.47 Å². The summed E-state index contributed by atoms with van der Waals surface area (Å²) in [5, 5.41) is 11.4. The first-order valence-corrected chi connectivity index (χ1v) is 7.61. The highest BCUT2D eigenvalue weighted by molar-refractivity contribution is 7.87. The number of rotatable bonds is 2. The summed E-state index contributed by atoms with van der Waals surface area (Å²) in [6, 6.07) is 0. The van der Waals surface area contributed by atoms with E-state index in [0.29, 0.717) is 15.9 Å². The van der Waals surface area contributed by atoms with E-state index in [1.165, 1.54) is 6.26 Å². The van der Waals surface area contributed by atoms with Crippen LogP contribution in [0, 0.1) is 10.1 Å². The highest BCUT2D eigenvalue weighted by atomic mass is 32.2. The van der Waals surface area contributed by atoms with Crippen LogP contribution in [0.25, 0.3) is 0 Å². The highest BCUT2D eigenvalue weighted by Crippen LogP contribution is 2.55. The maximum absolute atomic E-state index is 11.5. The summed E-state index contributed by atoms with van der Waals surface area (Å²) in [4.78, 5) is 10.4. The van der Waals surface area contributed by atoms with Crippen molar-refractivity contribution in [3.8, 4) is 10.8 Å². The fraction of sp³-hybridized carbons (Fsp3) is 0.500. The molecule has 1 aliphatic heterocycles. The van der Waals surface area contributed by atoms with E-state index in [2.05, 4.69) is 0 Å². The molecule has 16 heavy (non-hydrogen) atoms. The van der Waals surface area contributed by atoms with Crippen LogP contribution < -0.4 is 9.47 Å². The molecule has 2 rings (SSSR count). The van der Waals surface area contributed by atoms with Crippen LogP contribution in [0.1, 0.15) is 0 Å². The molecule has 0 fully saturated rings. The Kier molecular flexibility index (Phi) is 2.85. The summed E-state index contributed by atoms with van der Waals surface area (Å²) >= 11 is 0. The molecule has 6 nitrogen and oxygen atoms in total. The van der Waals surface area contributed by atoms with Gasteiger partial charge in [0.1, 0.15) is 30.3 Å². The van der Waals surface area contributed by atoms with Crippen LogP contribution in [0.4, 0.5) is 5.69 Å². The molecular weight excluding hydrogens is 254 g/mol. The van der Waals surface area contributed by atoms with Crippen molar-refractivity contribution in [1.82, 2.24) is 0 Å². The van der Waals surface area contributed by atoms with Gasteiger partial charge in [-0.3, -0.25) is 10.1 Å². The van der Waals surface area contributed by atoms with Crippen molar-refractivity contribution in [2.24, 2.45) is 6.26 Å². The Hall–Kier alpha value is -1.15. The summed E-state index contributed by atoms with van der Waals surface area (Å²) < 4.78 is 22.5. The molecule has 0 spiro atoms. The number of hydrogen-bond donors (Lipinski definition) is 0. The van der Waals surface area contributed by atoms with E-state index in [1.807, 2.05) is 0 Å². The van der Waals surface area contributed by atoms with Crippen LogP contribution in [-0.4, -0.2) is 28.6 Å². The lowest BCUT2D eigenvalue weighted by Crippen LogP contribution is -2.14. The topological polar surface area (TPSA) is 78.7 Å². The van der Waals surface area contributed by atoms with E-state index >= 15 is 0 Å². The molecular formula is C8H10NO5S2+. The molecule has 8 heteroatoms. The third-order valence-corrected chi connectivity index (χ3v) is 5.94. The zero-order valence-electron chi connectivity index (χ0n) is 8.72. The fourth-order valence-corrected chi connectivity index (χ4v) is 4.98.